The van der Waals surface area contributed by atoms with Gasteiger partial charge in [0.1, 0.15) is 6.61 Å². The Morgan fingerprint density at radius 2 is 1.96 bits per heavy atom. The molecule has 6 heteroatoms. The molecular formula is C18H27NO5. The minimum atomic E-state index is -1.01. The number of carboxylic acid groups (broad SMARTS) is 1. The average Bonchev–Trinajstić information content (AvgIpc) is 2.56. The fourth-order valence-corrected chi connectivity index (χ4v) is 3.47. The van der Waals surface area contributed by atoms with E-state index in [9.17, 15) is 14.4 Å². The Morgan fingerprint density at radius 1 is 1.21 bits per heavy atom. The lowest BCUT2D eigenvalue weighted by Crippen LogP contribution is -2.45. The van der Waals surface area contributed by atoms with Crippen LogP contribution in [0.1, 0.15) is 57.8 Å². The van der Waals surface area contributed by atoms with Crippen molar-refractivity contribution in [2.45, 2.75) is 63.8 Å². The third-order valence-electron chi connectivity index (χ3n) is 4.85. The molecule has 0 aromatic heterocycles. The number of nitrogens with one attached hydrogen (secondary N) is 1. The Kier molecular flexibility index (Phi) is 7.28. The zero-order valence-electron chi connectivity index (χ0n) is 14.0. The normalized spacial score (nSPS) is 28.8. The summed E-state index contributed by atoms with van der Waals surface area (Å²) in [6.45, 7) is 0.134. The molecule has 0 bridgehead atoms. The molecule has 6 nitrogen and oxygen atoms in total. The van der Waals surface area contributed by atoms with E-state index in [2.05, 4.69) is 5.32 Å². The molecule has 1 heterocycles. The van der Waals surface area contributed by atoms with Crippen LogP contribution in [0.2, 0.25) is 0 Å². The van der Waals surface area contributed by atoms with Gasteiger partial charge in [0.15, 0.2) is 0 Å². The van der Waals surface area contributed by atoms with Crippen molar-refractivity contribution in [3.63, 3.8) is 0 Å². The van der Waals surface area contributed by atoms with Crippen molar-refractivity contribution in [1.82, 2.24) is 5.32 Å². The maximum atomic E-state index is 12.2. The van der Waals surface area contributed by atoms with E-state index in [1.807, 2.05) is 6.08 Å². The van der Waals surface area contributed by atoms with E-state index < -0.39 is 17.9 Å². The molecule has 2 rings (SSSR count). The van der Waals surface area contributed by atoms with Gasteiger partial charge in [-0.2, -0.15) is 0 Å². The van der Waals surface area contributed by atoms with Gasteiger partial charge in [-0.1, -0.05) is 31.4 Å². The van der Waals surface area contributed by atoms with Crippen LogP contribution >= 0.6 is 0 Å². The zero-order valence-corrected chi connectivity index (χ0v) is 14.0. The molecule has 2 aliphatic rings. The van der Waals surface area contributed by atoms with Gasteiger partial charge in [0.05, 0.1) is 18.4 Å². The zero-order chi connectivity index (χ0) is 17.4. The molecule has 0 spiro atoms. The molecule has 24 heavy (non-hydrogen) atoms. The molecule has 134 valence electrons. The second-order valence-corrected chi connectivity index (χ2v) is 6.74. The number of rotatable bonds is 3. The molecule has 1 aliphatic carbocycles. The van der Waals surface area contributed by atoms with Crippen LogP contribution in [0, 0.1) is 11.8 Å². The summed E-state index contributed by atoms with van der Waals surface area (Å²) < 4.78 is 5.39. The van der Waals surface area contributed by atoms with Gasteiger partial charge in [-0.15, -0.1) is 0 Å². The third-order valence-corrected chi connectivity index (χ3v) is 4.85. The number of aliphatic carboxylic acids is 1. The molecule has 1 fully saturated rings. The molecule has 2 N–H and O–H groups in total. The maximum absolute atomic E-state index is 12.2. The number of hydrogen-bond donors (Lipinski definition) is 2. The molecule has 2 atom stereocenters. The number of carbonyl (C=O) groups is 3. The Hall–Kier alpha value is -1.85. The largest absolute Gasteiger partial charge is 0.481 e. The summed E-state index contributed by atoms with van der Waals surface area (Å²) in [7, 11) is 0. The van der Waals surface area contributed by atoms with Gasteiger partial charge in [-0.05, 0) is 31.6 Å². The summed E-state index contributed by atoms with van der Waals surface area (Å²) in [5.74, 6) is -1.85. The first-order valence-electron chi connectivity index (χ1n) is 8.89. The minimum Gasteiger partial charge on any atom is -0.481 e. The second kappa shape index (κ2) is 9.45. The summed E-state index contributed by atoms with van der Waals surface area (Å²) in [6, 6.07) is -0.171. The monoisotopic (exact) mass is 337 g/mol. The van der Waals surface area contributed by atoms with E-state index >= 15 is 0 Å². The van der Waals surface area contributed by atoms with E-state index in [1.54, 1.807) is 6.08 Å². The van der Waals surface area contributed by atoms with E-state index in [4.69, 9.17) is 9.84 Å². The third kappa shape index (κ3) is 5.98. The summed E-state index contributed by atoms with van der Waals surface area (Å²) in [4.78, 5) is 35.3. The Bertz CT molecular complexity index is 482. The van der Waals surface area contributed by atoms with Crippen LogP contribution in [0.3, 0.4) is 0 Å². The Balaban J connectivity index is 2.06. The molecule has 0 radical (unpaired) electrons. The maximum Gasteiger partial charge on any atom is 0.309 e. The molecular weight excluding hydrogens is 310 g/mol. The summed E-state index contributed by atoms with van der Waals surface area (Å²) in [5, 5.41) is 12.0. The first kappa shape index (κ1) is 18.5. The number of esters is 1. The van der Waals surface area contributed by atoms with Gasteiger partial charge in [0, 0.05) is 6.42 Å². The lowest BCUT2D eigenvalue weighted by Gasteiger charge is -2.31. The topological polar surface area (TPSA) is 92.7 Å². The number of carbonyl (C=O) groups excluding carboxylic acids is 2. The fraction of sp³-hybridized carbons (Fsp3) is 0.722. The van der Waals surface area contributed by atoms with E-state index in [-0.39, 0.29) is 25.0 Å². The van der Waals surface area contributed by atoms with Crippen molar-refractivity contribution in [3.05, 3.63) is 12.2 Å². The second-order valence-electron chi connectivity index (χ2n) is 6.74. The van der Waals surface area contributed by atoms with Crippen LogP contribution in [0.15, 0.2) is 12.2 Å². The number of amides is 1. The van der Waals surface area contributed by atoms with Crippen molar-refractivity contribution in [2.24, 2.45) is 11.8 Å². The van der Waals surface area contributed by atoms with Crippen LogP contribution in [0.25, 0.3) is 0 Å². The van der Waals surface area contributed by atoms with Crippen LogP contribution < -0.4 is 5.32 Å². The van der Waals surface area contributed by atoms with Gasteiger partial charge in [0.25, 0.3) is 0 Å². The van der Waals surface area contributed by atoms with Gasteiger partial charge in [-0.3, -0.25) is 14.4 Å². The molecule has 0 unspecified atom stereocenters. The van der Waals surface area contributed by atoms with Crippen molar-refractivity contribution < 1.29 is 24.2 Å². The molecule has 0 aromatic rings. The summed E-state index contributed by atoms with van der Waals surface area (Å²) in [5.41, 5.74) is 0. The number of ether oxygens (including phenoxy) is 1. The Labute approximate surface area is 142 Å². The van der Waals surface area contributed by atoms with Crippen LogP contribution in [0.4, 0.5) is 0 Å². The predicted octanol–water partition coefficient (Wildman–Crippen LogP) is 2.43. The average molecular weight is 337 g/mol. The van der Waals surface area contributed by atoms with E-state index in [0.717, 1.165) is 25.7 Å². The van der Waals surface area contributed by atoms with Crippen molar-refractivity contribution in [1.29, 1.82) is 0 Å². The van der Waals surface area contributed by atoms with Gasteiger partial charge in [-0.25, -0.2) is 0 Å². The number of cyclic esters (lactones) is 1. The quantitative estimate of drug-likeness (QED) is 0.609. The number of hydrogen-bond acceptors (Lipinski definition) is 4. The molecule has 0 aromatic carbocycles. The minimum absolute atomic E-state index is 0.0195. The smallest absolute Gasteiger partial charge is 0.309 e. The molecule has 1 aliphatic heterocycles. The van der Waals surface area contributed by atoms with Crippen molar-refractivity contribution in [3.8, 4) is 0 Å². The van der Waals surface area contributed by atoms with Crippen molar-refractivity contribution in [2.75, 3.05) is 6.61 Å². The highest BCUT2D eigenvalue weighted by atomic mass is 16.5. The Morgan fingerprint density at radius 3 is 2.67 bits per heavy atom. The first-order valence-corrected chi connectivity index (χ1v) is 8.89. The van der Waals surface area contributed by atoms with Gasteiger partial charge in [0.2, 0.25) is 5.91 Å². The highest BCUT2D eigenvalue weighted by Crippen LogP contribution is 2.27. The van der Waals surface area contributed by atoms with E-state index in [1.165, 1.54) is 6.42 Å². The van der Waals surface area contributed by atoms with Crippen LogP contribution in [-0.2, 0) is 19.1 Å². The van der Waals surface area contributed by atoms with Crippen molar-refractivity contribution >= 4 is 17.8 Å². The fourth-order valence-electron chi connectivity index (χ4n) is 3.47. The summed E-state index contributed by atoms with van der Waals surface area (Å²) in [6.07, 6.45) is 10.2. The highest BCUT2D eigenvalue weighted by molar-refractivity contribution is 5.79. The van der Waals surface area contributed by atoms with Crippen LogP contribution in [0.5, 0.6) is 0 Å². The van der Waals surface area contributed by atoms with Gasteiger partial charge >= 0.3 is 11.9 Å². The molecule has 1 amide bonds. The lowest BCUT2D eigenvalue weighted by atomic mass is 9.84. The van der Waals surface area contributed by atoms with E-state index in [0.29, 0.717) is 25.2 Å². The van der Waals surface area contributed by atoms with Gasteiger partial charge < -0.3 is 15.2 Å². The number of allylic oxidation sites excluding steroid dienone is 2. The SMILES string of the molecule is O=C(O)C[C@@H]1C/C=C/CCC(=O)N[C@H](C2CCCCC2)COC1=O. The highest BCUT2D eigenvalue weighted by Gasteiger charge is 2.28. The summed E-state index contributed by atoms with van der Waals surface area (Å²) >= 11 is 0. The predicted molar refractivity (Wildman–Crippen MR) is 88.2 cm³/mol. The lowest BCUT2D eigenvalue weighted by molar-refractivity contribution is -0.154. The first-order chi connectivity index (χ1) is 11.6. The molecule has 1 saturated carbocycles. The standard InChI is InChI=1S/C18H27NO5/c20-16-10-6-2-5-9-14(11-17(21)22)18(23)24-12-15(19-16)13-7-3-1-4-8-13/h2,5,13-15H,1,3-4,6-12H2,(H,19,20)(H,21,22)/b5-2+/t14-,15-/m0/s1. The van der Waals surface area contributed by atoms with Crippen LogP contribution in [-0.4, -0.2) is 35.6 Å². The number of carboxylic acids is 1. The molecule has 0 saturated heterocycles.